The van der Waals surface area contributed by atoms with Crippen LogP contribution in [0, 0.1) is 6.92 Å². The first-order valence-corrected chi connectivity index (χ1v) is 8.14. The van der Waals surface area contributed by atoms with Gasteiger partial charge in [0.2, 0.25) is 0 Å². The summed E-state index contributed by atoms with van der Waals surface area (Å²) in [6.45, 7) is 4.00. The molecule has 0 radical (unpaired) electrons. The van der Waals surface area contributed by atoms with E-state index in [9.17, 15) is 14.4 Å². The van der Waals surface area contributed by atoms with E-state index in [0.717, 1.165) is 23.3 Å². The third kappa shape index (κ3) is 2.66. The lowest BCUT2D eigenvalue weighted by Gasteiger charge is -2.11. The van der Waals surface area contributed by atoms with E-state index < -0.39 is 17.8 Å². The van der Waals surface area contributed by atoms with Crippen LogP contribution in [0.4, 0.5) is 0 Å². The molecule has 0 fully saturated rings. The maximum atomic E-state index is 12.3. The molecule has 0 unspecified atom stereocenters. The number of nitrogens with zero attached hydrogens (tertiary/aromatic N) is 1. The van der Waals surface area contributed by atoms with Gasteiger partial charge in [-0.05, 0) is 37.1 Å². The van der Waals surface area contributed by atoms with Crippen LogP contribution in [0.2, 0.25) is 0 Å². The Labute approximate surface area is 137 Å². The molecule has 23 heavy (non-hydrogen) atoms. The van der Waals surface area contributed by atoms with Gasteiger partial charge in [0.25, 0.3) is 11.8 Å². The molecule has 0 aliphatic carbocycles. The van der Waals surface area contributed by atoms with Crippen molar-refractivity contribution in [3.63, 3.8) is 0 Å². The summed E-state index contributed by atoms with van der Waals surface area (Å²) in [5, 5.41) is 0.543. The molecule has 0 saturated carbocycles. The highest BCUT2D eigenvalue weighted by Gasteiger charge is 2.39. The van der Waals surface area contributed by atoms with Crippen LogP contribution in [0.15, 0.2) is 30.3 Å². The number of carbonyl (C=O) groups is 3. The second kappa shape index (κ2) is 5.96. The van der Waals surface area contributed by atoms with Gasteiger partial charge in [0.05, 0.1) is 11.1 Å². The van der Waals surface area contributed by atoms with Gasteiger partial charge < -0.3 is 4.84 Å². The van der Waals surface area contributed by atoms with Crippen LogP contribution < -0.4 is 0 Å². The first kappa shape index (κ1) is 15.4. The van der Waals surface area contributed by atoms with Crippen LogP contribution in [0.5, 0.6) is 0 Å². The van der Waals surface area contributed by atoms with Gasteiger partial charge in [-0.1, -0.05) is 30.5 Å². The van der Waals surface area contributed by atoms with Crippen LogP contribution in [-0.4, -0.2) is 22.8 Å². The fourth-order valence-electron chi connectivity index (χ4n) is 2.52. The predicted octanol–water partition coefficient (Wildman–Crippen LogP) is 3.38. The lowest BCUT2D eigenvalue weighted by Crippen LogP contribution is -2.32. The van der Waals surface area contributed by atoms with Crippen LogP contribution >= 0.6 is 11.3 Å². The zero-order valence-corrected chi connectivity index (χ0v) is 13.6. The summed E-state index contributed by atoms with van der Waals surface area (Å²) in [4.78, 5) is 43.1. The van der Waals surface area contributed by atoms with E-state index in [1.165, 1.54) is 23.5 Å². The Morgan fingerprint density at radius 2 is 1.78 bits per heavy atom. The summed E-state index contributed by atoms with van der Waals surface area (Å²) < 4.78 is 0. The number of imide groups is 1. The van der Waals surface area contributed by atoms with Gasteiger partial charge in [-0.3, -0.25) is 9.59 Å². The van der Waals surface area contributed by atoms with E-state index in [4.69, 9.17) is 4.84 Å². The van der Waals surface area contributed by atoms with Crippen molar-refractivity contribution >= 4 is 29.1 Å². The number of fused-ring (bicyclic) bond motifs is 1. The molecule has 1 aromatic heterocycles. The highest BCUT2D eigenvalue weighted by molar-refractivity contribution is 7.14. The molecule has 1 aliphatic rings. The average molecular weight is 329 g/mol. The van der Waals surface area contributed by atoms with Crippen molar-refractivity contribution in [2.75, 3.05) is 0 Å². The highest BCUT2D eigenvalue weighted by atomic mass is 32.1. The van der Waals surface area contributed by atoms with Gasteiger partial charge in [0, 0.05) is 4.88 Å². The topological polar surface area (TPSA) is 63.7 Å². The monoisotopic (exact) mass is 329 g/mol. The smallest absolute Gasteiger partial charge is 0.323 e. The third-order valence-electron chi connectivity index (χ3n) is 3.67. The van der Waals surface area contributed by atoms with Crippen LogP contribution in [0.25, 0.3) is 0 Å². The third-order valence-corrected chi connectivity index (χ3v) is 4.74. The minimum atomic E-state index is -0.685. The van der Waals surface area contributed by atoms with E-state index in [2.05, 4.69) is 6.92 Å². The molecule has 1 aromatic carbocycles. The molecular weight excluding hydrogens is 314 g/mol. The molecule has 0 saturated heterocycles. The van der Waals surface area contributed by atoms with Gasteiger partial charge in [0.15, 0.2) is 0 Å². The maximum absolute atomic E-state index is 12.3. The number of carbonyl (C=O) groups excluding carboxylic acids is 3. The fourth-order valence-corrected chi connectivity index (χ4v) is 3.46. The molecule has 5 nitrogen and oxygen atoms in total. The number of thiophene rings is 1. The molecule has 118 valence electrons. The number of aryl methyl sites for hydroxylation is 2. The first-order valence-electron chi connectivity index (χ1n) is 7.32. The number of rotatable bonds is 4. The Balaban J connectivity index is 1.80. The Morgan fingerprint density at radius 3 is 2.35 bits per heavy atom. The molecular formula is C17H15NO4S. The fraction of sp³-hybridized carbons (Fsp3) is 0.235. The number of benzene rings is 1. The molecule has 2 heterocycles. The summed E-state index contributed by atoms with van der Waals surface area (Å²) in [5.41, 5.74) is 1.59. The first-order chi connectivity index (χ1) is 11.0. The van der Waals surface area contributed by atoms with Crippen molar-refractivity contribution in [1.29, 1.82) is 0 Å². The quantitative estimate of drug-likeness (QED) is 0.807. The van der Waals surface area contributed by atoms with Crippen molar-refractivity contribution in [1.82, 2.24) is 5.06 Å². The molecule has 0 spiro atoms. The molecule has 2 aromatic rings. The minimum absolute atomic E-state index is 0.249. The summed E-state index contributed by atoms with van der Waals surface area (Å²) in [7, 11) is 0. The summed E-state index contributed by atoms with van der Waals surface area (Å²) >= 11 is 1.31. The highest BCUT2D eigenvalue weighted by Crippen LogP contribution is 2.26. The summed E-state index contributed by atoms with van der Waals surface area (Å²) in [5.74, 6) is -1.91. The summed E-state index contributed by atoms with van der Waals surface area (Å²) in [6.07, 6.45) is 1.85. The zero-order valence-electron chi connectivity index (χ0n) is 12.8. The zero-order chi connectivity index (χ0) is 16.6. The van der Waals surface area contributed by atoms with E-state index in [1.54, 1.807) is 18.2 Å². The van der Waals surface area contributed by atoms with Crippen LogP contribution in [0.1, 0.15) is 54.2 Å². The molecule has 3 rings (SSSR count). The lowest BCUT2D eigenvalue weighted by atomic mass is 10.1. The largest absolute Gasteiger partial charge is 0.373 e. The summed E-state index contributed by atoms with van der Waals surface area (Å²) in [6, 6.07) is 8.17. The number of hydrogen-bond donors (Lipinski definition) is 0. The molecule has 2 amide bonds. The van der Waals surface area contributed by atoms with Crippen molar-refractivity contribution in [3.8, 4) is 0 Å². The second-order valence-corrected chi connectivity index (χ2v) is 6.53. The number of amides is 2. The molecule has 0 N–H and O–H groups in total. The Kier molecular flexibility index (Phi) is 4.00. The van der Waals surface area contributed by atoms with Crippen LogP contribution in [0.3, 0.4) is 0 Å². The molecule has 0 atom stereocenters. The molecule has 0 bridgehead atoms. The predicted molar refractivity (Wildman–Crippen MR) is 85.4 cm³/mol. The minimum Gasteiger partial charge on any atom is -0.323 e. The lowest BCUT2D eigenvalue weighted by molar-refractivity contribution is -0.0581. The van der Waals surface area contributed by atoms with Crippen molar-refractivity contribution < 1.29 is 19.2 Å². The van der Waals surface area contributed by atoms with E-state index >= 15 is 0 Å². The van der Waals surface area contributed by atoms with Gasteiger partial charge in [-0.15, -0.1) is 11.3 Å². The average Bonchev–Trinajstić information content (AvgIpc) is 3.02. The van der Waals surface area contributed by atoms with Gasteiger partial charge in [-0.2, -0.15) is 0 Å². The number of hydroxylamine groups is 2. The van der Waals surface area contributed by atoms with E-state index in [-0.39, 0.29) is 11.1 Å². The van der Waals surface area contributed by atoms with Crippen LogP contribution in [-0.2, 0) is 11.3 Å². The van der Waals surface area contributed by atoms with Gasteiger partial charge >= 0.3 is 5.97 Å². The Bertz CT molecular complexity index is 774. The molecule has 1 aliphatic heterocycles. The Hall–Kier alpha value is -2.47. The Morgan fingerprint density at radius 1 is 1.17 bits per heavy atom. The maximum Gasteiger partial charge on any atom is 0.373 e. The second-order valence-electron chi connectivity index (χ2n) is 5.27. The van der Waals surface area contributed by atoms with Gasteiger partial charge in [-0.25, -0.2) is 4.79 Å². The van der Waals surface area contributed by atoms with Crippen molar-refractivity contribution in [3.05, 3.63) is 56.8 Å². The van der Waals surface area contributed by atoms with Crippen molar-refractivity contribution in [2.24, 2.45) is 0 Å². The SMILES string of the molecule is CCCc1cc(C(=O)ON2C(=O)c3ccccc3C2=O)sc1C. The van der Waals surface area contributed by atoms with E-state index in [1.807, 2.05) is 6.92 Å². The van der Waals surface area contributed by atoms with E-state index in [0.29, 0.717) is 9.94 Å². The standard InChI is InChI=1S/C17H15NO4S/c1-3-6-11-9-14(23-10(11)2)17(21)22-18-15(19)12-7-4-5-8-13(12)16(18)20/h4-5,7-9H,3,6H2,1-2H3. The van der Waals surface area contributed by atoms with Crippen molar-refractivity contribution in [2.45, 2.75) is 26.7 Å². The number of hydrogen-bond acceptors (Lipinski definition) is 5. The normalized spacial score (nSPS) is 13.4. The molecule has 6 heteroatoms. The van der Waals surface area contributed by atoms with Gasteiger partial charge in [0.1, 0.15) is 4.88 Å².